The summed E-state index contributed by atoms with van der Waals surface area (Å²) in [6.07, 6.45) is 3.27. The Hall–Kier alpha value is -2.95. The molecule has 1 amide bonds. The number of aryl methyl sites for hydroxylation is 1. The monoisotopic (exact) mass is 292 g/mol. The topological polar surface area (TPSA) is 59.8 Å². The van der Waals surface area contributed by atoms with Gasteiger partial charge in [-0.1, -0.05) is 24.3 Å². The average Bonchev–Trinajstić information content (AvgIpc) is 2.92. The SMILES string of the molecule is Cc1ccccc1NC(=O)c1cnn(-c2ccccn2)c1C. The van der Waals surface area contributed by atoms with Crippen molar-refractivity contribution in [2.45, 2.75) is 13.8 Å². The van der Waals surface area contributed by atoms with Crippen molar-refractivity contribution < 1.29 is 4.79 Å². The van der Waals surface area contributed by atoms with Crippen LogP contribution in [0.25, 0.3) is 5.82 Å². The number of carbonyl (C=O) groups is 1. The van der Waals surface area contributed by atoms with E-state index in [1.165, 1.54) is 0 Å². The lowest BCUT2D eigenvalue weighted by Crippen LogP contribution is -2.14. The standard InChI is InChI=1S/C17H16N4O/c1-12-7-3-4-8-15(12)20-17(22)14-11-19-21(13(14)2)16-9-5-6-10-18-16/h3-11H,1-2H3,(H,20,22). The van der Waals surface area contributed by atoms with Gasteiger partial charge in [0.05, 0.1) is 17.5 Å². The molecule has 0 aliphatic carbocycles. The van der Waals surface area contributed by atoms with Crippen molar-refractivity contribution in [1.82, 2.24) is 14.8 Å². The molecule has 0 spiro atoms. The molecule has 0 bridgehead atoms. The van der Waals surface area contributed by atoms with Gasteiger partial charge < -0.3 is 5.32 Å². The number of para-hydroxylation sites is 1. The van der Waals surface area contributed by atoms with Crippen molar-refractivity contribution in [3.63, 3.8) is 0 Å². The number of carbonyl (C=O) groups excluding carboxylic acids is 1. The fraction of sp³-hybridized carbons (Fsp3) is 0.118. The molecule has 22 heavy (non-hydrogen) atoms. The fourth-order valence-corrected chi connectivity index (χ4v) is 2.25. The Morgan fingerprint density at radius 2 is 1.86 bits per heavy atom. The molecule has 0 unspecified atom stereocenters. The van der Waals surface area contributed by atoms with Crippen molar-refractivity contribution in [3.8, 4) is 5.82 Å². The lowest BCUT2D eigenvalue weighted by molar-refractivity contribution is 0.102. The highest BCUT2D eigenvalue weighted by molar-refractivity contribution is 6.05. The summed E-state index contributed by atoms with van der Waals surface area (Å²) in [5.41, 5.74) is 3.11. The molecule has 0 radical (unpaired) electrons. The van der Waals surface area contributed by atoms with Crippen LogP contribution in [0.15, 0.2) is 54.9 Å². The molecule has 2 aromatic heterocycles. The normalized spacial score (nSPS) is 10.5. The van der Waals surface area contributed by atoms with E-state index < -0.39 is 0 Å². The highest BCUT2D eigenvalue weighted by Gasteiger charge is 2.16. The molecule has 0 aliphatic rings. The van der Waals surface area contributed by atoms with Crippen LogP contribution < -0.4 is 5.32 Å². The zero-order chi connectivity index (χ0) is 15.5. The van der Waals surface area contributed by atoms with Gasteiger partial charge in [-0.3, -0.25) is 4.79 Å². The molecule has 0 saturated heterocycles. The predicted molar refractivity (Wildman–Crippen MR) is 85.2 cm³/mol. The molecule has 3 rings (SSSR count). The number of nitrogens with one attached hydrogen (secondary N) is 1. The number of hydrogen-bond donors (Lipinski definition) is 1. The first-order valence-corrected chi connectivity index (χ1v) is 7.00. The zero-order valence-corrected chi connectivity index (χ0v) is 12.4. The summed E-state index contributed by atoms with van der Waals surface area (Å²) in [5, 5.41) is 7.18. The number of pyridine rings is 1. The molecule has 0 fully saturated rings. The van der Waals surface area contributed by atoms with Gasteiger partial charge in [0.25, 0.3) is 5.91 Å². The van der Waals surface area contributed by atoms with Crippen molar-refractivity contribution in [2.24, 2.45) is 0 Å². The lowest BCUT2D eigenvalue weighted by Gasteiger charge is -2.08. The van der Waals surface area contributed by atoms with Crippen LogP contribution >= 0.6 is 0 Å². The van der Waals surface area contributed by atoms with Gasteiger partial charge in [0.15, 0.2) is 5.82 Å². The zero-order valence-electron chi connectivity index (χ0n) is 12.4. The number of amides is 1. The number of nitrogens with zero attached hydrogens (tertiary/aromatic N) is 3. The van der Waals surface area contributed by atoms with Crippen LogP contribution in [0.1, 0.15) is 21.6 Å². The van der Waals surface area contributed by atoms with E-state index in [1.54, 1.807) is 17.1 Å². The first-order chi connectivity index (χ1) is 10.7. The van der Waals surface area contributed by atoms with E-state index in [4.69, 9.17) is 0 Å². The smallest absolute Gasteiger partial charge is 0.259 e. The third-order valence-electron chi connectivity index (χ3n) is 3.51. The Bertz CT molecular complexity index is 809. The Kier molecular flexibility index (Phi) is 3.70. The molecule has 5 nitrogen and oxygen atoms in total. The molecule has 1 N–H and O–H groups in total. The van der Waals surface area contributed by atoms with E-state index >= 15 is 0 Å². The number of anilines is 1. The Morgan fingerprint density at radius 1 is 1.09 bits per heavy atom. The molecule has 0 aliphatic heterocycles. The van der Waals surface area contributed by atoms with Crippen LogP contribution in [0.3, 0.4) is 0 Å². The highest BCUT2D eigenvalue weighted by Crippen LogP contribution is 2.17. The van der Waals surface area contributed by atoms with Gasteiger partial charge in [-0.2, -0.15) is 5.10 Å². The number of benzene rings is 1. The molecule has 0 saturated carbocycles. The second-order valence-electron chi connectivity index (χ2n) is 5.01. The van der Waals surface area contributed by atoms with E-state index in [0.29, 0.717) is 11.4 Å². The molecular formula is C17H16N4O. The third-order valence-corrected chi connectivity index (χ3v) is 3.51. The lowest BCUT2D eigenvalue weighted by atomic mass is 10.2. The molecular weight excluding hydrogens is 276 g/mol. The minimum atomic E-state index is -0.172. The molecule has 110 valence electrons. The average molecular weight is 292 g/mol. The van der Waals surface area contributed by atoms with Gasteiger partial charge in [-0.25, -0.2) is 9.67 Å². The van der Waals surface area contributed by atoms with Gasteiger partial charge in [0.1, 0.15) is 0 Å². The van der Waals surface area contributed by atoms with Crippen LogP contribution in [0.5, 0.6) is 0 Å². The van der Waals surface area contributed by atoms with E-state index in [9.17, 15) is 4.79 Å². The maximum atomic E-state index is 12.4. The van der Waals surface area contributed by atoms with E-state index in [2.05, 4.69) is 15.4 Å². The van der Waals surface area contributed by atoms with Crippen LogP contribution in [-0.2, 0) is 0 Å². The van der Waals surface area contributed by atoms with Crippen LogP contribution in [-0.4, -0.2) is 20.7 Å². The molecule has 5 heteroatoms. The van der Waals surface area contributed by atoms with Crippen molar-refractivity contribution in [2.75, 3.05) is 5.32 Å². The molecule has 3 aromatic rings. The first-order valence-electron chi connectivity index (χ1n) is 7.00. The minimum absolute atomic E-state index is 0.172. The Morgan fingerprint density at radius 3 is 2.59 bits per heavy atom. The highest BCUT2D eigenvalue weighted by atomic mass is 16.1. The Labute approximate surface area is 128 Å². The van der Waals surface area contributed by atoms with Crippen LogP contribution in [0.4, 0.5) is 5.69 Å². The molecule has 1 aromatic carbocycles. The van der Waals surface area contributed by atoms with E-state index in [0.717, 1.165) is 16.9 Å². The van der Waals surface area contributed by atoms with Gasteiger partial charge >= 0.3 is 0 Å². The minimum Gasteiger partial charge on any atom is -0.322 e. The summed E-state index contributed by atoms with van der Waals surface area (Å²) in [4.78, 5) is 16.7. The largest absolute Gasteiger partial charge is 0.322 e. The second-order valence-corrected chi connectivity index (χ2v) is 5.01. The van der Waals surface area contributed by atoms with Gasteiger partial charge in [-0.05, 0) is 37.6 Å². The van der Waals surface area contributed by atoms with E-state index in [1.807, 2.05) is 56.3 Å². The first kappa shape index (κ1) is 14.0. The third kappa shape index (κ3) is 2.61. The van der Waals surface area contributed by atoms with Gasteiger partial charge in [0, 0.05) is 11.9 Å². The van der Waals surface area contributed by atoms with Crippen molar-refractivity contribution >= 4 is 11.6 Å². The number of hydrogen-bond acceptors (Lipinski definition) is 3. The fourth-order valence-electron chi connectivity index (χ4n) is 2.25. The van der Waals surface area contributed by atoms with Crippen LogP contribution in [0.2, 0.25) is 0 Å². The molecule has 2 heterocycles. The maximum absolute atomic E-state index is 12.4. The van der Waals surface area contributed by atoms with Gasteiger partial charge in [0.2, 0.25) is 0 Å². The quantitative estimate of drug-likeness (QED) is 0.806. The summed E-state index contributed by atoms with van der Waals surface area (Å²) in [7, 11) is 0. The van der Waals surface area contributed by atoms with Crippen molar-refractivity contribution in [3.05, 3.63) is 71.7 Å². The summed E-state index contributed by atoms with van der Waals surface area (Å²) in [5.74, 6) is 0.518. The predicted octanol–water partition coefficient (Wildman–Crippen LogP) is 3.14. The number of rotatable bonds is 3. The van der Waals surface area contributed by atoms with Gasteiger partial charge in [-0.15, -0.1) is 0 Å². The summed E-state index contributed by atoms with van der Waals surface area (Å²) in [6, 6.07) is 13.3. The summed E-state index contributed by atoms with van der Waals surface area (Å²) >= 11 is 0. The second kappa shape index (κ2) is 5.81. The summed E-state index contributed by atoms with van der Waals surface area (Å²) < 4.78 is 1.66. The maximum Gasteiger partial charge on any atom is 0.259 e. The Balaban J connectivity index is 1.89. The summed E-state index contributed by atoms with van der Waals surface area (Å²) in [6.45, 7) is 3.81. The van der Waals surface area contributed by atoms with Crippen molar-refractivity contribution in [1.29, 1.82) is 0 Å². The van der Waals surface area contributed by atoms with E-state index in [-0.39, 0.29) is 5.91 Å². The van der Waals surface area contributed by atoms with Crippen LogP contribution in [0, 0.1) is 13.8 Å². The molecule has 0 atom stereocenters. The number of aromatic nitrogens is 3.